The quantitative estimate of drug-likeness (QED) is 0.841. The van der Waals surface area contributed by atoms with Crippen LogP contribution in [0.25, 0.3) is 0 Å². The molecule has 5 heteroatoms. The van der Waals surface area contributed by atoms with Gasteiger partial charge in [-0.1, -0.05) is 17.8 Å². The Morgan fingerprint density at radius 2 is 2.12 bits per heavy atom. The molecule has 1 aromatic carbocycles. The minimum absolute atomic E-state index is 0.0510. The smallest absolute Gasteiger partial charge is 0.142 e. The minimum atomic E-state index is -0.510. The van der Waals surface area contributed by atoms with Gasteiger partial charge in [-0.05, 0) is 40.2 Å². The van der Waals surface area contributed by atoms with Gasteiger partial charge >= 0.3 is 0 Å². The first-order valence-corrected chi connectivity index (χ1v) is 6.30. The lowest BCUT2D eigenvalue weighted by Crippen LogP contribution is -1.88. The highest BCUT2D eigenvalue weighted by Gasteiger charge is 2.11. The van der Waals surface area contributed by atoms with E-state index in [0.29, 0.717) is 9.92 Å². The van der Waals surface area contributed by atoms with Crippen molar-refractivity contribution in [1.29, 1.82) is 5.26 Å². The van der Waals surface area contributed by atoms with Gasteiger partial charge in [0.1, 0.15) is 22.5 Å². The molecular formula is C12H6BrFN2S. The van der Waals surface area contributed by atoms with Crippen LogP contribution in [0.2, 0.25) is 0 Å². The molecule has 0 radical (unpaired) electrons. The number of hydrogen-bond acceptors (Lipinski definition) is 3. The molecule has 17 heavy (non-hydrogen) atoms. The zero-order valence-corrected chi connectivity index (χ0v) is 10.9. The zero-order valence-electron chi connectivity index (χ0n) is 8.52. The van der Waals surface area contributed by atoms with Crippen LogP contribution < -0.4 is 0 Å². The van der Waals surface area contributed by atoms with Crippen molar-refractivity contribution >= 4 is 27.7 Å². The van der Waals surface area contributed by atoms with Crippen LogP contribution >= 0.6 is 27.7 Å². The number of nitriles is 1. The summed E-state index contributed by atoms with van der Waals surface area (Å²) < 4.78 is 14.2. The Morgan fingerprint density at radius 3 is 2.82 bits per heavy atom. The second-order valence-corrected chi connectivity index (χ2v) is 5.00. The van der Waals surface area contributed by atoms with Crippen LogP contribution in [0.4, 0.5) is 4.39 Å². The molecule has 2 aromatic rings. The minimum Gasteiger partial charge on any atom is -0.248 e. The molecule has 2 rings (SSSR count). The van der Waals surface area contributed by atoms with Gasteiger partial charge in [-0.25, -0.2) is 9.37 Å². The van der Waals surface area contributed by atoms with E-state index in [2.05, 4.69) is 20.9 Å². The molecule has 0 saturated carbocycles. The van der Waals surface area contributed by atoms with Gasteiger partial charge < -0.3 is 0 Å². The fourth-order valence-corrected chi connectivity index (χ4v) is 2.63. The SMILES string of the molecule is N#Cc1c(F)cccc1Sc1ncccc1Br. The molecule has 0 fully saturated rings. The van der Waals surface area contributed by atoms with E-state index in [4.69, 9.17) is 5.26 Å². The number of aromatic nitrogens is 1. The van der Waals surface area contributed by atoms with Crippen molar-refractivity contribution in [1.82, 2.24) is 4.98 Å². The topological polar surface area (TPSA) is 36.7 Å². The summed E-state index contributed by atoms with van der Waals surface area (Å²) in [6.07, 6.45) is 1.65. The number of halogens is 2. The predicted octanol–water partition coefficient (Wildman–Crippen LogP) is 4.01. The number of benzene rings is 1. The van der Waals surface area contributed by atoms with Gasteiger partial charge in [-0.2, -0.15) is 5.26 Å². The third-order valence-corrected chi connectivity index (χ3v) is 4.00. The molecule has 1 aromatic heterocycles. The normalized spacial score (nSPS) is 9.94. The molecule has 0 N–H and O–H groups in total. The van der Waals surface area contributed by atoms with E-state index < -0.39 is 5.82 Å². The monoisotopic (exact) mass is 308 g/mol. The average molecular weight is 309 g/mol. The van der Waals surface area contributed by atoms with Crippen molar-refractivity contribution in [3.8, 4) is 6.07 Å². The molecular weight excluding hydrogens is 303 g/mol. The fraction of sp³-hybridized carbons (Fsp3) is 0. The molecule has 1 heterocycles. The molecule has 0 aliphatic heterocycles. The molecule has 0 bridgehead atoms. The summed E-state index contributed by atoms with van der Waals surface area (Å²) >= 11 is 4.62. The number of nitrogens with zero attached hydrogens (tertiary/aromatic N) is 2. The third kappa shape index (κ3) is 2.65. The van der Waals surface area contributed by atoms with E-state index in [1.54, 1.807) is 24.4 Å². The van der Waals surface area contributed by atoms with E-state index in [1.807, 2.05) is 12.1 Å². The van der Waals surface area contributed by atoms with Crippen molar-refractivity contribution in [3.63, 3.8) is 0 Å². The van der Waals surface area contributed by atoms with Gasteiger partial charge in [0.25, 0.3) is 0 Å². The van der Waals surface area contributed by atoms with E-state index in [1.165, 1.54) is 17.8 Å². The van der Waals surface area contributed by atoms with Crippen molar-refractivity contribution in [2.24, 2.45) is 0 Å². The molecule has 0 atom stereocenters. The van der Waals surface area contributed by atoms with E-state index >= 15 is 0 Å². The Hall–Kier alpha value is -1.38. The second kappa shape index (κ2) is 5.30. The van der Waals surface area contributed by atoms with E-state index in [9.17, 15) is 4.39 Å². The third-order valence-electron chi connectivity index (χ3n) is 2.02. The van der Waals surface area contributed by atoms with Gasteiger partial charge in [0.05, 0.1) is 4.47 Å². The van der Waals surface area contributed by atoms with Crippen molar-refractivity contribution in [3.05, 3.63) is 52.4 Å². The van der Waals surface area contributed by atoms with Crippen LogP contribution in [0, 0.1) is 17.1 Å². The van der Waals surface area contributed by atoms with Crippen molar-refractivity contribution in [2.75, 3.05) is 0 Å². The summed E-state index contributed by atoms with van der Waals surface area (Å²) in [4.78, 5) is 4.72. The predicted molar refractivity (Wildman–Crippen MR) is 67.2 cm³/mol. The molecule has 2 nitrogen and oxygen atoms in total. The first kappa shape index (κ1) is 12.1. The van der Waals surface area contributed by atoms with Crippen molar-refractivity contribution in [2.45, 2.75) is 9.92 Å². The van der Waals surface area contributed by atoms with Crippen LogP contribution in [0.3, 0.4) is 0 Å². The summed E-state index contributed by atoms with van der Waals surface area (Å²) in [5.41, 5.74) is 0.0510. The van der Waals surface area contributed by atoms with Gasteiger partial charge in [-0.15, -0.1) is 0 Å². The first-order valence-electron chi connectivity index (χ1n) is 4.69. The lowest BCUT2D eigenvalue weighted by Gasteiger charge is -2.05. The first-order chi connectivity index (χ1) is 8.22. The van der Waals surface area contributed by atoms with Crippen LogP contribution in [0.1, 0.15) is 5.56 Å². The number of pyridine rings is 1. The highest BCUT2D eigenvalue weighted by atomic mass is 79.9. The summed E-state index contributed by atoms with van der Waals surface area (Å²) in [7, 11) is 0. The Kier molecular flexibility index (Phi) is 3.77. The standard InChI is InChI=1S/C12H6BrFN2S/c13-9-3-2-6-16-12(9)17-11-5-1-4-10(14)8(11)7-15/h1-6H. The van der Waals surface area contributed by atoms with Gasteiger partial charge in [0.2, 0.25) is 0 Å². The highest BCUT2D eigenvalue weighted by molar-refractivity contribution is 9.10. The molecule has 0 spiro atoms. The zero-order chi connectivity index (χ0) is 12.3. The molecule has 0 unspecified atom stereocenters. The van der Waals surface area contributed by atoms with Crippen LogP contribution in [0.5, 0.6) is 0 Å². The fourth-order valence-electron chi connectivity index (χ4n) is 1.25. The van der Waals surface area contributed by atoms with Crippen LogP contribution in [0.15, 0.2) is 50.9 Å². The number of hydrogen-bond donors (Lipinski definition) is 0. The maximum atomic E-state index is 13.4. The molecule has 84 valence electrons. The summed E-state index contributed by atoms with van der Waals surface area (Å²) in [6.45, 7) is 0. The van der Waals surface area contributed by atoms with Crippen LogP contribution in [-0.4, -0.2) is 4.98 Å². The van der Waals surface area contributed by atoms with Gasteiger partial charge in [-0.3, -0.25) is 0 Å². The molecule has 0 aliphatic carbocycles. The number of rotatable bonds is 2. The van der Waals surface area contributed by atoms with Gasteiger partial charge in [0, 0.05) is 11.1 Å². The van der Waals surface area contributed by atoms with Crippen molar-refractivity contribution < 1.29 is 4.39 Å². The Labute approximate surface area is 111 Å². The highest BCUT2D eigenvalue weighted by Crippen LogP contribution is 2.33. The lowest BCUT2D eigenvalue weighted by molar-refractivity contribution is 0.620. The molecule has 0 aliphatic rings. The Bertz CT molecular complexity index is 595. The second-order valence-electron chi connectivity index (χ2n) is 3.12. The van der Waals surface area contributed by atoms with E-state index in [-0.39, 0.29) is 5.56 Å². The largest absolute Gasteiger partial charge is 0.248 e. The average Bonchev–Trinajstić information content (AvgIpc) is 2.32. The maximum absolute atomic E-state index is 13.4. The summed E-state index contributed by atoms with van der Waals surface area (Å²) in [5.74, 6) is -0.510. The summed E-state index contributed by atoms with van der Waals surface area (Å²) in [5, 5.41) is 9.61. The molecule has 0 saturated heterocycles. The Morgan fingerprint density at radius 1 is 1.29 bits per heavy atom. The van der Waals surface area contributed by atoms with E-state index in [0.717, 1.165) is 4.47 Å². The lowest BCUT2D eigenvalue weighted by atomic mass is 10.2. The van der Waals surface area contributed by atoms with Crippen LogP contribution in [-0.2, 0) is 0 Å². The summed E-state index contributed by atoms with van der Waals surface area (Å²) in [6, 6.07) is 10.1. The van der Waals surface area contributed by atoms with Gasteiger partial charge in [0.15, 0.2) is 0 Å². The Balaban J connectivity index is 2.41. The molecule has 0 amide bonds. The maximum Gasteiger partial charge on any atom is 0.142 e.